The molecule has 3 rings (SSSR count). The molecule has 1 unspecified atom stereocenters. The van der Waals surface area contributed by atoms with Crippen LogP contribution in [0.1, 0.15) is 48.9 Å². The highest BCUT2D eigenvalue weighted by Gasteiger charge is 2.23. The molecule has 5 nitrogen and oxygen atoms in total. The first-order chi connectivity index (χ1) is 13.8. The van der Waals surface area contributed by atoms with E-state index in [-0.39, 0.29) is 11.7 Å². The Balaban J connectivity index is 1.76. The molecule has 1 atom stereocenters. The highest BCUT2D eigenvalue weighted by atomic mass is 32.2. The first-order valence-electron chi connectivity index (χ1n) is 9.92. The molecule has 0 aromatic heterocycles. The Kier molecular flexibility index (Phi) is 6.57. The number of carbonyl (C=O) groups excluding carboxylic acids is 1. The standard InChI is InChI=1S/C22H27FN2O3S/c1-3-21(18-12-11-16-7-4-5-8-17(16)13-18)24-22(26)15-25(29(2,27)28)20-10-6-9-19(23)14-20/h6,9-14,21H,3-5,7-8,15H2,1-2H3,(H,24,26). The van der Waals surface area contributed by atoms with E-state index in [1.54, 1.807) is 0 Å². The van der Waals surface area contributed by atoms with Crippen molar-refractivity contribution >= 4 is 21.6 Å². The monoisotopic (exact) mass is 418 g/mol. The number of benzene rings is 2. The Morgan fingerprint density at radius 1 is 1.14 bits per heavy atom. The van der Waals surface area contributed by atoms with Crippen LogP contribution in [0, 0.1) is 5.82 Å². The zero-order valence-electron chi connectivity index (χ0n) is 16.8. The lowest BCUT2D eigenvalue weighted by molar-refractivity contribution is -0.120. The normalized spacial score (nSPS) is 14.7. The molecule has 0 bridgehead atoms. The number of hydrogen-bond donors (Lipinski definition) is 1. The molecule has 1 amide bonds. The van der Waals surface area contributed by atoms with Gasteiger partial charge in [-0.3, -0.25) is 9.10 Å². The molecule has 0 fully saturated rings. The summed E-state index contributed by atoms with van der Waals surface area (Å²) in [5, 5.41) is 2.94. The molecule has 0 radical (unpaired) electrons. The van der Waals surface area contributed by atoms with E-state index in [1.807, 2.05) is 13.0 Å². The molecule has 0 heterocycles. The van der Waals surface area contributed by atoms with Gasteiger partial charge in [0.1, 0.15) is 12.4 Å². The van der Waals surface area contributed by atoms with Crippen molar-refractivity contribution < 1.29 is 17.6 Å². The second-order valence-electron chi connectivity index (χ2n) is 7.51. The van der Waals surface area contributed by atoms with Crippen molar-refractivity contribution in [2.24, 2.45) is 0 Å². The molecular weight excluding hydrogens is 391 g/mol. The van der Waals surface area contributed by atoms with Crippen molar-refractivity contribution in [1.82, 2.24) is 5.32 Å². The van der Waals surface area contributed by atoms with Crippen molar-refractivity contribution in [1.29, 1.82) is 0 Å². The van der Waals surface area contributed by atoms with Gasteiger partial charge in [-0.15, -0.1) is 0 Å². The van der Waals surface area contributed by atoms with E-state index in [0.29, 0.717) is 6.42 Å². The van der Waals surface area contributed by atoms with E-state index in [0.717, 1.165) is 35.0 Å². The lowest BCUT2D eigenvalue weighted by Crippen LogP contribution is -2.41. The highest BCUT2D eigenvalue weighted by Crippen LogP contribution is 2.26. The molecule has 2 aromatic carbocycles. The Hall–Kier alpha value is -2.41. The van der Waals surface area contributed by atoms with E-state index >= 15 is 0 Å². The zero-order valence-corrected chi connectivity index (χ0v) is 17.6. The quantitative estimate of drug-likeness (QED) is 0.745. The van der Waals surface area contributed by atoms with Crippen molar-refractivity contribution in [3.05, 3.63) is 65.0 Å². The van der Waals surface area contributed by atoms with Gasteiger partial charge in [0, 0.05) is 0 Å². The topological polar surface area (TPSA) is 66.5 Å². The molecule has 0 spiro atoms. The van der Waals surface area contributed by atoms with Crippen LogP contribution >= 0.6 is 0 Å². The average Bonchev–Trinajstić information content (AvgIpc) is 2.69. The Morgan fingerprint density at radius 2 is 1.86 bits per heavy atom. The number of fused-ring (bicyclic) bond motifs is 1. The molecule has 1 aliphatic rings. The fourth-order valence-corrected chi connectivity index (χ4v) is 4.64. The molecule has 1 N–H and O–H groups in total. The van der Waals surface area contributed by atoms with Crippen LogP contribution in [-0.2, 0) is 27.7 Å². The maximum atomic E-state index is 13.6. The minimum atomic E-state index is -3.74. The summed E-state index contributed by atoms with van der Waals surface area (Å²) in [5.74, 6) is -0.985. The van der Waals surface area contributed by atoms with E-state index in [4.69, 9.17) is 0 Å². The number of rotatable bonds is 7. The lowest BCUT2D eigenvalue weighted by Gasteiger charge is -2.25. The maximum Gasteiger partial charge on any atom is 0.241 e. The third kappa shape index (κ3) is 5.35. The number of anilines is 1. The van der Waals surface area contributed by atoms with Gasteiger partial charge in [-0.1, -0.05) is 31.2 Å². The number of halogens is 1. The number of sulfonamides is 1. The van der Waals surface area contributed by atoms with Crippen LogP contribution in [0.5, 0.6) is 0 Å². The van der Waals surface area contributed by atoms with Crippen molar-refractivity contribution in [3.8, 4) is 0 Å². The van der Waals surface area contributed by atoms with Crippen LogP contribution in [-0.4, -0.2) is 27.1 Å². The fraction of sp³-hybridized carbons (Fsp3) is 0.409. The third-order valence-electron chi connectivity index (χ3n) is 5.30. The van der Waals surface area contributed by atoms with E-state index in [9.17, 15) is 17.6 Å². The maximum absolute atomic E-state index is 13.6. The molecule has 156 valence electrons. The largest absolute Gasteiger partial charge is 0.348 e. The predicted molar refractivity (Wildman–Crippen MR) is 113 cm³/mol. The summed E-state index contributed by atoms with van der Waals surface area (Å²) < 4.78 is 38.9. The van der Waals surface area contributed by atoms with Gasteiger partial charge in [0.25, 0.3) is 0 Å². The summed E-state index contributed by atoms with van der Waals surface area (Å²) in [6, 6.07) is 11.4. The van der Waals surface area contributed by atoms with E-state index < -0.39 is 28.3 Å². The second-order valence-corrected chi connectivity index (χ2v) is 9.42. The van der Waals surface area contributed by atoms with Crippen LogP contribution in [0.4, 0.5) is 10.1 Å². The minimum absolute atomic E-state index is 0.129. The number of aryl methyl sites for hydroxylation is 2. The summed E-state index contributed by atoms with van der Waals surface area (Å²) >= 11 is 0. The average molecular weight is 419 g/mol. The highest BCUT2D eigenvalue weighted by molar-refractivity contribution is 7.92. The first kappa shape index (κ1) is 21.3. The van der Waals surface area contributed by atoms with E-state index in [1.165, 1.54) is 42.2 Å². The summed E-state index contributed by atoms with van der Waals surface area (Å²) in [6.07, 6.45) is 6.22. The van der Waals surface area contributed by atoms with Crippen LogP contribution < -0.4 is 9.62 Å². The number of carbonyl (C=O) groups is 1. The Bertz CT molecular complexity index is 991. The van der Waals surface area contributed by atoms with Gasteiger partial charge in [-0.25, -0.2) is 12.8 Å². The van der Waals surface area contributed by atoms with E-state index in [2.05, 4.69) is 17.4 Å². The fourth-order valence-electron chi connectivity index (χ4n) is 3.79. The smallest absolute Gasteiger partial charge is 0.241 e. The van der Waals surface area contributed by atoms with Crippen LogP contribution in [0.15, 0.2) is 42.5 Å². The summed E-state index contributed by atoms with van der Waals surface area (Å²) in [5.41, 5.74) is 3.86. The summed E-state index contributed by atoms with van der Waals surface area (Å²) in [7, 11) is -3.74. The van der Waals surface area contributed by atoms with Gasteiger partial charge in [0.05, 0.1) is 18.0 Å². The van der Waals surface area contributed by atoms with Gasteiger partial charge in [0.2, 0.25) is 15.9 Å². The third-order valence-corrected chi connectivity index (χ3v) is 6.44. The minimum Gasteiger partial charge on any atom is -0.348 e. The molecule has 1 aliphatic carbocycles. The molecule has 0 saturated carbocycles. The number of nitrogens with one attached hydrogen (secondary N) is 1. The molecule has 0 aliphatic heterocycles. The number of amides is 1. The number of nitrogens with zero attached hydrogens (tertiary/aromatic N) is 1. The van der Waals surface area contributed by atoms with Gasteiger partial charge >= 0.3 is 0 Å². The summed E-state index contributed by atoms with van der Waals surface area (Å²) in [4.78, 5) is 12.7. The molecule has 0 saturated heterocycles. The van der Waals surface area contributed by atoms with Gasteiger partial charge in [-0.2, -0.15) is 0 Å². The van der Waals surface area contributed by atoms with Crippen molar-refractivity contribution in [2.75, 3.05) is 17.1 Å². The molecule has 7 heteroatoms. The summed E-state index contributed by atoms with van der Waals surface area (Å²) in [6.45, 7) is 1.58. The molecular formula is C22H27FN2O3S. The molecule has 29 heavy (non-hydrogen) atoms. The predicted octanol–water partition coefficient (Wildman–Crippen LogP) is 3.74. The Labute approximate surface area is 172 Å². The van der Waals surface area contributed by atoms with Crippen LogP contribution in [0.25, 0.3) is 0 Å². The van der Waals surface area contributed by atoms with Gasteiger partial charge < -0.3 is 5.32 Å². The van der Waals surface area contributed by atoms with Crippen LogP contribution in [0.3, 0.4) is 0 Å². The molecule has 2 aromatic rings. The van der Waals surface area contributed by atoms with Crippen molar-refractivity contribution in [2.45, 2.75) is 45.1 Å². The van der Waals surface area contributed by atoms with Gasteiger partial charge in [-0.05, 0) is 67.0 Å². The Morgan fingerprint density at radius 3 is 2.52 bits per heavy atom. The SMILES string of the molecule is CCC(NC(=O)CN(c1cccc(F)c1)S(C)(=O)=O)c1ccc2c(c1)CCCC2. The van der Waals surface area contributed by atoms with Crippen LogP contribution in [0.2, 0.25) is 0 Å². The first-order valence-corrected chi connectivity index (χ1v) is 11.8. The number of hydrogen-bond acceptors (Lipinski definition) is 3. The van der Waals surface area contributed by atoms with Crippen molar-refractivity contribution in [3.63, 3.8) is 0 Å². The van der Waals surface area contributed by atoms with Gasteiger partial charge in [0.15, 0.2) is 0 Å². The second kappa shape index (κ2) is 8.95. The lowest BCUT2D eigenvalue weighted by atomic mass is 9.89. The zero-order chi connectivity index (χ0) is 21.0.